The number of carbonyl (C=O) groups is 2. The van der Waals surface area contributed by atoms with Crippen LogP contribution in [-0.2, 0) is 27.9 Å². The van der Waals surface area contributed by atoms with Crippen LogP contribution in [0.2, 0.25) is 0 Å². The van der Waals surface area contributed by atoms with E-state index in [1.165, 1.54) is 154 Å². The number of amides is 1. The number of hydrogen-bond donors (Lipinski definition) is 2. The van der Waals surface area contributed by atoms with Crippen molar-refractivity contribution in [2.45, 2.75) is 290 Å². The predicted octanol–water partition coefficient (Wildman–Crippen LogP) is 19.8. The third kappa shape index (κ3) is 57.7. The Hall–Kier alpha value is -2.81. The summed E-state index contributed by atoms with van der Waals surface area (Å²) in [7, 11) is 1.48. The molecule has 0 aromatic carbocycles. The van der Waals surface area contributed by atoms with Crippen LogP contribution in [0.15, 0.2) is 85.1 Å². The summed E-state index contributed by atoms with van der Waals surface area (Å²) in [5, 5.41) is 3.05. The summed E-state index contributed by atoms with van der Waals surface area (Å²) in [4.78, 5) is 37.7. The topological polar surface area (TPSA) is 111 Å². The fourth-order valence-electron chi connectivity index (χ4n) is 8.95. The highest BCUT2D eigenvalue weighted by Gasteiger charge is 2.30. The number of quaternary nitrogens is 1. The largest absolute Gasteiger partial charge is 0.472 e. The lowest BCUT2D eigenvalue weighted by molar-refractivity contribution is -0.870. The molecule has 77 heavy (non-hydrogen) atoms. The van der Waals surface area contributed by atoms with Gasteiger partial charge in [0.25, 0.3) is 0 Å². The molecule has 3 atom stereocenters. The van der Waals surface area contributed by atoms with Crippen LogP contribution in [0.4, 0.5) is 0 Å². The molecule has 0 aliphatic carbocycles. The number of ether oxygens (including phenoxy) is 1. The Labute approximate surface area is 476 Å². The minimum atomic E-state index is -4.46. The van der Waals surface area contributed by atoms with Gasteiger partial charge in [0.2, 0.25) is 5.91 Å². The van der Waals surface area contributed by atoms with E-state index >= 15 is 0 Å². The summed E-state index contributed by atoms with van der Waals surface area (Å²) >= 11 is 0. The number of unbranched alkanes of at least 4 members (excludes halogenated alkanes) is 31. The first kappa shape index (κ1) is 74.2. The number of phosphoric acid groups is 1. The molecule has 1 amide bonds. The summed E-state index contributed by atoms with van der Waals surface area (Å²) in [6.45, 7) is 6.85. The van der Waals surface area contributed by atoms with Crippen LogP contribution in [0.25, 0.3) is 0 Å². The molecule has 0 aromatic heterocycles. The monoisotopic (exact) mass is 1100 g/mol. The van der Waals surface area contributed by atoms with Crippen molar-refractivity contribution in [2.75, 3.05) is 40.9 Å². The van der Waals surface area contributed by atoms with Crippen molar-refractivity contribution in [1.82, 2.24) is 5.32 Å². The van der Waals surface area contributed by atoms with E-state index in [1.807, 2.05) is 33.3 Å². The lowest BCUT2D eigenvalue weighted by atomic mass is 10.0. The lowest BCUT2D eigenvalue weighted by Crippen LogP contribution is -2.47. The molecule has 0 spiro atoms. The van der Waals surface area contributed by atoms with Crippen LogP contribution in [0.3, 0.4) is 0 Å². The average Bonchev–Trinajstić information content (AvgIpc) is 3.39. The van der Waals surface area contributed by atoms with Crippen molar-refractivity contribution in [3.05, 3.63) is 85.1 Å². The molecule has 0 aliphatic heterocycles. The molecular weight excluding hydrogens is 976 g/mol. The molecule has 3 unspecified atom stereocenters. The van der Waals surface area contributed by atoms with Gasteiger partial charge in [-0.25, -0.2) is 4.57 Å². The Morgan fingerprint density at radius 3 is 1.38 bits per heavy atom. The Balaban J connectivity index is 5.22. The fraction of sp³-hybridized carbons (Fsp3) is 0.761. The van der Waals surface area contributed by atoms with E-state index in [4.69, 9.17) is 13.8 Å². The zero-order valence-corrected chi connectivity index (χ0v) is 51.8. The third-order valence-corrected chi connectivity index (χ3v) is 14.9. The number of esters is 1. The number of nitrogens with one attached hydrogen (secondary N) is 1. The van der Waals surface area contributed by atoms with Gasteiger partial charge in [-0.05, 0) is 89.5 Å². The van der Waals surface area contributed by atoms with Gasteiger partial charge in [-0.2, -0.15) is 0 Å². The first-order valence-electron chi connectivity index (χ1n) is 31.9. The number of nitrogens with zero attached hydrogens (tertiary/aromatic N) is 1. The second-order valence-electron chi connectivity index (χ2n) is 22.6. The summed E-state index contributed by atoms with van der Waals surface area (Å²) in [6, 6.07) is -0.860. The smallest absolute Gasteiger partial charge is 0.456 e. The molecule has 446 valence electrons. The molecule has 0 radical (unpaired) electrons. The molecule has 9 nitrogen and oxygen atoms in total. The molecule has 0 aromatic rings. The highest BCUT2D eigenvalue weighted by atomic mass is 31.2. The van der Waals surface area contributed by atoms with Crippen LogP contribution < -0.4 is 5.32 Å². The van der Waals surface area contributed by atoms with E-state index in [0.29, 0.717) is 17.4 Å². The maximum absolute atomic E-state index is 13.5. The second-order valence-corrected chi connectivity index (χ2v) is 24.1. The van der Waals surface area contributed by atoms with Crippen LogP contribution in [0, 0.1) is 0 Å². The Morgan fingerprint density at radius 1 is 0.481 bits per heavy atom. The van der Waals surface area contributed by atoms with Gasteiger partial charge >= 0.3 is 13.8 Å². The van der Waals surface area contributed by atoms with E-state index in [-0.39, 0.29) is 31.5 Å². The third-order valence-electron chi connectivity index (χ3n) is 13.9. The molecule has 0 fully saturated rings. The number of likely N-dealkylation sites (N-methyl/N-ethyl adjacent to an activating group) is 1. The van der Waals surface area contributed by atoms with E-state index in [0.717, 1.165) is 89.9 Å². The van der Waals surface area contributed by atoms with Crippen LogP contribution in [0.1, 0.15) is 278 Å². The lowest BCUT2D eigenvalue weighted by Gasteiger charge is -2.27. The Kier molecular flexibility index (Phi) is 54.4. The quantitative estimate of drug-likeness (QED) is 0.0156. The molecular formula is C67H122N2O7P+. The van der Waals surface area contributed by atoms with Gasteiger partial charge < -0.3 is 19.4 Å². The molecule has 2 N–H and O–H groups in total. The molecule has 0 saturated carbocycles. The van der Waals surface area contributed by atoms with E-state index in [9.17, 15) is 19.0 Å². The molecule has 0 aliphatic rings. The molecule has 0 heterocycles. The van der Waals surface area contributed by atoms with Crippen molar-refractivity contribution in [3.63, 3.8) is 0 Å². The average molecular weight is 1100 g/mol. The number of hydrogen-bond acceptors (Lipinski definition) is 6. The van der Waals surface area contributed by atoms with Crippen molar-refractivity contribution in [1.29, 1.82) is 0 Å². The van der Waals surface area contributed by atoms with E-state index < -0.39 is 20.0 Å². The number of rotatable bonds is 57. The van der Waals surface area contributed by atoms with Crippen LogP contribution in [0.5, 0.6) is 0 Å². The highest BCUT2D eigenvalue weighted by molar-refractivity contribution is 7.47. The zero-order chi connectivity index (χ0) is 56.4. The zero-order valence-electron chi connectivity index (χ0n) is 50.9. The van der Waals surface area contributed by atoms with Gasteiger partial charge in [0, 0.05) is 12.8 Å². The predicted molar refractivity (Wildman–Crippen MR) is 332 cm³/mol. The Morgan fingerprint density at radius 2 is 0.883 bits per heavy atom. The molecule has 0 bridgehead atoms. The molecule has 10 heteroatoms. The number of phosphoric ester groups is 1. The maximum Gasteiger partial charge on any atom is 0.472 e. The number of carbonyl (C=O) groups excluding carboxylic acids is 2. The van der Waals surface area contributed by atoms with Crippen LogP contribution >= 0.6 is 7.82 Å². The maximum atomic E-state index is 13.5. The van der Waals surface area contributed by atoms with Crippen molar-refractivity contribution < 1.29 is 37.3 Å². The normalized spacial score (nSPS) is 14.2. The second kappa shape index (κ2) is 56.5. The van der Waals surface area contributed by atoms with Gasteiger partial charge in [-0.15, -0.1) is 0 Å². The van der Waals surface area contributed by atoms with Gasteiger partial charge in [0.1, 0.15) is 19.3 Å². The minimum absolute atomic E-state index is 0.0339. The first-order valence-corrected chi connectivity index (χ1v) is 33.4. The van der Waals surface area contributed by atoms with Crippen molar-refractivity contribution in [2.24, 2.45) is 0 Å². The van der Waals surface area contributed by atoms with Crippen molar-refractivity contribution >= 4 is 19.7 Å². The van der Waals surface area contributed by atoms with Crippen molar-refractivity contribution in [3.8, 4) is 0 Å². The highest BCUT2D eigenvalue weighted by Crippen LogP contribution is 2.43. The van der Waals surface area contributed by atoms with Gasteiger partial charge in [-0.1, -0.05) is 260 Å². The van der Waals surface area contributed by atoms with Gasteiger partial charge in [-0.3, -0.25) is 18.6 Å². The van der Waals surface area contributed by atoms with E-state index in [1.54, 1.807) is 0 Å². The van der Waals surface area contributed by atoms with Gasteiger partial charge in [0.05, 0.1) is 33.8 Å². The Bertz CT molecular complexity index is 1590. The van der Waals surface area contributed by atoms with Crippen LogP contribution in [-0.4, -0.2) is 74.3 Å². The summed E-state index contributed by atoms with van der Waals surface area (Å²) in [5.41, 5.74) is 0. The van der Waals surface area contributed by atoms with E-state index in [2.05, 4.69) is 99.0 Å². The van der Waals surface area contributed by atoms with Gasteiger partial charge in [0.15, 0.2) is 0 Å². The minimum Gasteiger partial charge on any atom is -0.456 e. The standard InChI is InChI=1S/C67H121N2O7P/c1-7-10-13-16-19-22-25-28-30-31-32-33-34-35-36-37-39-42-45-48-51-54-57-60-67(71)76-65(58-55-52-49-46-43-40-27-24-21-18-15-12-9-3)64(63-75-77(72,73)74-62-61-69(4,5)6)68-66(70)59-56-53-50-47-44-41-38-29-26-23-20-17-14-11-8-2/h11,14,17,19-20,22-23,26,28,30,32-33,55,58,64-65H,7-10,12-13,15-16,18,21,24-25,27,29,31,34-54,56-57,59-63H2,1-6H3,(H-,68,70,72,73)/p+1/b14-11+,20-17+,22-19-,26-23+,30-28-,33-32-,58-55-. The molecule has 0 rings (SSSR count). The first-order chi connectivity index (χ1) is 37.4. The fourth-order valence-corrected chi connectivity index (χ4v) is 9.68. The summed E-state index contributed by atoms with van der Waals surface area (Å²) < 4.78 is 30.7. The summed E-state index contributed by atoms with van der Waals surface area (Å²) in [6.07, 6.45) is 74.3. The SMILES string of the molecule is CC/C=C/C=C/C=C/CCCCCCCCCC(=O)NC(COP(=O)(O)OCC[N+](C)(C)C)C(/C=C\CCCCCCCCCCCCC)OC(=O)CCCCCCCCCCCC/C=C\C/C=C\C/C=C\CCCCC. The molecule has 0 saturated heterocycles. The summed E-state index contributed by atoms with van der Waals surface area (Å²) in [5.74, 6) is -0.522. The number of allylic oxidation sites excluding steroid dienone is 13.